The number of sulfonamides is 1. The van der Waals surface area contributed by atoms with Gasteiger partial charge in [-0.3, -0.25) is 0 Å². The molecule has 1 aromatic carbocycles. The molecule has 1 saturated carbocycles. The van der Waals surface area contributed by atoms with E-state index in [4.69, 9.17) is 0 Å². The Hall–Kier alpha value is -0.690. The van der Waals surface area contributed by atoms with Gasteiger partial charge in [0.05, 0.1) is 4.90 Å². The van der Waals surface area contributed by atoms with E-state index in [0.29, 0.717) is 15.9 Å². The predicted octanol–water partition coefficient (Wildman–Crippen LogP) is 2.90. The van der Waals surface area contributed by atoms with Crippen LogP contribution in [0.3, 0.4) is 0 Å². The molecule has 0 aromatic heterocycles. The quantitative estimate of drug-likeness (QED) is 0.713. The van der Waals surface area contributed by atoms with Crippen LogP contribution in [-0.4, -0.2) is 31.9 Å². The summed E-state index contributed by atoms with van der Waals surface area (Å²) in [6.45, 7) is 7.67. The summed E-state index contributed by atoms with van der Waals surface area (Å²) in [7, 11) is -3.47. The molecule has 2 rings (SSSR count). The van der Waals surface area contributed by atoms with Gasteiger partial charge >= 0.3 is 0 Å². The topological polar surface area (TPSA) is 49.4 Å². The molecular weight excluding hydrogens is 352 g/mol. The average Bonchev–Trinajstić information content (AvgIpc) is 3.26. The Morgan fingerprint density at radius 2 is 2.19 bits per heavy atom. The molecule has 1 aliphatic carbocycles. The standard InChI is InChI=1S/C15H21BrN2O2S/c1-3-9-18(13-6-7-13)21(19,20)15-8-5-12(10-14(15)16)11-17-4-2/h3,5,8,10,13,17H,1,4,6-7,9,11H2,2H3. The van der Waals surface area contributed by atoms with Crippen molar-refractivity contribution in [1.29, 1.82) is 0 Å². The maximum absolute atomic E-state index is 12.8. The second kappa shape index (κ2) is 7.05. The summed E-state index contributed by atoms with van der Waals surface area (Å²) in [5, 5.41) is 3.23. The first-order valence-electron chi connectivity index (χ1n) is 7.12. The number of hydrogen-bond donors (Lipinski definition) is 1. The van der Waals surface area contributed by atoms with Gasteiger partial charge in [-0.05, 0) is 53.0 Å². The number of benzene rings is 1. The van der Waals surface area contributed by atoms with E-state index in [9.17, 15) is 8.42 Å². The molecule has 1 N–H and O–H groups in total. The second-order valence-corrected chi connectivity index (χ2v) is 7.85. The summed E-state index contributed by atoms with van der Waals surface area (Å²) < 4.78 is 27.7. The van der Waals surface area contributed by atoms with Gasteiger partial charge in [-0.15, -0.1) is 6.58 Å². The summed E-state index contributed by atoms with van der Waals surface area (Å²) in [5.41, 5.74) is 1.06. The summed E-state index contributed by atoms with van der Waals surface area (Å²) in [5.74, 6) is 0. The number of hydrogen-bond acceptors (Lipinski definition) is 3. The first-order valence-corrected chi connectivity index (χ1v) is 9.36. The summed E-state index contributed by atoms with van der Waals surface area (Å²) in [6, 6.07) is 5.54. The molecule has 0 amide bonds. The molecule has 21 heavy (non-hydrogen) atoms. The first-order chi connectivity index (χ1) is 10.0. The third kappa shape index (κ3) is 3.94. The molecule has 6 heteroatoms. The van der Waals surface area contributed by atoms with Crippen LogP contribution in [-0.2, 0) is 16.6 Å². The zero-order valence-corrected chi connectivity index (χ0v) is 14.6. The van der Waals surface area contributed by atoms with Crippen molar-refractivity contribution in [2.24, 2.45) is 0 Å². The molecular formula is C15H21BrN2O2S. The molecule has 0 heterocycles. The van der Waals surface area contributed by atoms with Crippen LogP contribution in [0.5, 0.6) is 0 Å². The van der Waals surface area contributed by atoms with Crippen molar-refractivity contribution in [2.45, 2.75) is 37.2 Å². The molecule has 0 spiro atoms. The number of rotatable bonds is 8. The molecule has 0 bridgehead atoms. The Kier molecular flexibility index (Phi) is 5.60. The highest BCUT2D eigenvalue weighted by Gasteiger charge is 2.37. The van der Waals surface area contributed by atoms with Gasteiger partial charge in [0, 0.05) is 23.6 Å². The summed E-state index contributed by atoms with van der Waals surface area (Å²) in [6.07, 6.45) is 3.51. The van der Waals surface area contributed by atoms with E-state index in [-0.39, 0.29) is 6.04 Å². The van der Waals surface area contributed by atoms with Crippen LogP contribution in [0.25, 0.3) is 0 Å². The van der Waals surface area contributed by atoms with Crippen LogP contribution in [0.2, 0.25) is 0 Å². The highest BCUT2D eigenvalue weighted by atomic mass is 79.9. The number of nitrogens with zero attached hydrogens (tertiary/aromatic N) is 1. The lowest BCUT2D eigenvalue weighted by Gasteiger charge is -2.21. The van der Waals surface area contributed by atoms with E-state index in [1.807, 2.05) is 19.1 Å². The third-order valence-electron chi connectivity index (χ3n) is 3.43. The maximum atomic E-state index is 12.8. The molecule has 0 radical (unpaired) electrons. The van der Waals surface area contributed by atoms with Crippen molar-refractivity contribution in [3.8, 4) is 0 Å². The van der Waals surface area contributed by atoms with Gasteiger partial charge in [0.2, 0.25) is 10.0 Å². The van der Waals surface area contributed by atoms with Crippen LogP contribution in [0.1, 0.15) is 25.3 Å². The molecule has 116 valence electrons. The van der Waals surface area contributed by atoms with Crippen molar-refractivity contribution in [2.75, 3.05) is 13.1 Å². The molecule has 1 aromatic rings. The van der Waals surface area contributed by atoms with Crippen LogP contribution in [0.4, 0.5) is 0 Å². The molecule has 0 unspecified atom stereocenters. The first kappa shape index (κ1) is 16.7. The molecule has 1 fully saturated rings. The van der Waals surface area contributed by atoms with E-state index >= 15 is 0 Å². The summed E-state index contributed by atoms with van der Waals surface area (Å²) in [4.78, 5) is 0.330. The van der Waals surface area contributed by atoms with E-state index in [2.05, 4.69) is 27.8 Å². The van der Waals surface area contributed by atoms with Gasteiger partial charge < -0.3 is 5.32 Å². The van der Waals surface area contributed by atoms with Crippen molar-refractivity contribution in [3.63, 3.8) is 0 Å². The van der Waals surface area contributed by atoms with Crippen molar-refractivity contribution < 1.29 is 8.42 Å². The monoisotopic (exact) mass is 372 g/mol. The zero-order valence-electron chi connectivity index (χ0n) is 12.2. The summed E-state index contributed by atoms with van der Waals surface area (Å²) >= 11 is 3.40. The number of nitrogens with one attached hydrogen (secondary N) is 1. The van der Waals surface area contributed by atoms with E-state index in [0.717, 1.165) is 31.5 Å². The van der Waals surface area contributed by atoms with Gasteiger partial charge in [0.25, 0.3) is 0 Å². The smallest absolute Gasteiger partial charge is 0.244 e. The van der Waals surface area contributed by atoms with Crippen LogP contribution in [0, 0.1) is 0 Å². The lowest BCUT2D eigenvalue weighted by atomic mass is 10.2. The minimum absolute atomic E-state index is 0.126. The Bertz CT molecular complexity index is 612. The third-order valence-corrected chi connectivity index (χ3v) is 6.32. The lowest BCUT2D eigenvalue weighted by molar-refractivity contribution is 0.435. The van der Waals surface area contributed by atoms with Gasteiger partial charge in [-0.1, -0.05) is 19.1 Å². The van der Waals surface area contributed by atoms with Crippen molar-refractivity contribution in [3.05, 3.63) is 40.9 Å². The van der Waals surface area contributed by atoms with Crippen molar-refractivity contribution in [1.82, 2.24) is 9.62 Å². The Balaban J connectivity index is 2.28. The van der Waals surface area contributed by atoms with E-state index in [1.54, 1.807) is 16.4 Å². The fourth-order valence-electron chi connectivity index (χ4n) is 2.19. The average molecular weight is 373 g/mol. The lowest BCUT2D eigenvalue weighted by Crippen LogP contribution is -2.33. The van der Waals surface area contributed by atoms with Gasteiger partial charge in [-0.25, -0.2) is 8.42 Å². The van der Waals surface area contributed by atoms with Gasteiger partial charge in [-0.2, -0.15) is 4.31 Å². The molecule has 0 atom stereocenters. The normalized spacial score (nSPS) is 15.4. The second-order valence-electron chi connectivity index (χ2n) is 5.14. The molecule has 0 aliphatic heterocycles. The zero-order chi connectivity index (χ0) is 15.5. The van der Waals surface area contributed by atoms with Gasteiger partial charge in [0.15, 0.2) is 0 Å². The minimum atomic E-state index is -3.47. The van der Waals surface area contributed by atoms with Gasteiger partial charge in [0.1, 0.15) is 0 Å². The Morgan fingerprint density at radius 1 is 1.48 bits per heavy atom. The van der Waals surface area contributed by atoms with Crippen LogP contribution >= 0.6 is 15.9 Å². The van der Waals surface area contributed by atoms with Crippen LogP contribution in [0.15, 0.2) is 40.2 Å². The van der Waals surface area contributed by atoms with Crippen LogP contribution < -0.4 is 5.32 Å². The fourth-order valence-corrected chi connectivity index (χ4v) is 4.94. The Labute approximate surface area is 135 Å². The SMILES string of the molecule is C=CCN(C1CC1)S(=O)(=O)c1ccc(CNCC)cc1Br. The highest BCUT2D eigenvalue weighted by Crippen LogP contribution is 2.34. The van der Waals surface area contributed by atoms with E-state index < -0.39 is 10.0 Å². The molecule has 4 nitrogen and oxygen atoms in total. The van der Waals surface area contributed by atoms with E-state index in [1.165, 1.54) is 0 Å². The minimum Gasteiger partial charge on any atom is -0.313 e. The highest BCUT2D eigenvalue weighted by molar-refractivity contribution is 9.10. The Morgan fingerprint density at radius 3 is 2.71 bits per heavy atom. The molecule has 1 aliphatic rings. The molecule has 0 saturated heterocycles. The number of halogens is 1. The maximum Gasteiger partial charge on any atom is 0.244 e. The fraction of sp³-hybridized carbons (Fsp3) is 0.467. The predicted molar refractivity (Wildman–Crippen MR) is 88.6 cm³/mol. The largest absolute Gasteiger partial charge is 0.313 e. The van der Waals surface area contributed by atoms with Crippen molar-refractivity contribution >= 4 is 26.0 Å².